The molecule has 0 aliphatic rings. The molecule has 0 aliphatic carbocycles. The van der Waals surface area contributed by atoms with E-state index in [1.165, 1.54) is 7.11 Å². The molecular formula is C22H34O6Si. The van der Waals surface area contributed by atoms with Gasteiger partial charge in [0, 0.05) is 5.92 Å². The van der Waals surface area contributed by atoms with Crippen LogP contribution >= 0.6 is 0 Å². The minimum Gasteiger partial charge on any atom is -0.469 e. The second-order valence-corrected chi connectivity index (χ2v) is 13.6. The largest absolute Gasteiger partial charge is 0.469 e. The lowest BCUT2D eigenvalue weighted by Crippen LogP contribution is -2.51. The molecule has 0 amide bonds. The van der Waals surface area contributed by atoms with Gasteiger partial charge in [-0.05, 0) is 37.2 Å². The number of hydrogen-bond acceptors (Lipinski definition) is 6. The van der Waals surface area contributed by atoms with E-state index in [0.29, 0.717) is 11.8 Å². The first kappa shape index (κ1) is 25.0. The van der Waals surface area contributed by atoms with Crippen molar-refractivity contribution >= 4 is 26.5 Å². The summed E-state index contributed by atoms with van der Waals surface area (Å²) in [5, 5.41) is -0.0990. The van der Waals surface area contributed by atoms with Crippen molar-refractivity contribution in [3.63, 3.8) is 0 Å². The molecule has 1 aromatic rings. The Labute approximate surface area is 175 Å². The normalized spacial score (nSPS) is 16.3. The lowest BCUT2D eigenvalue weighted by Gasteiger charge is -2.42. The fourth-order valence-electron chi connectivity index (χ4n) is 2.71. The average Bonchev–Trinajstić information content (AvgIpc) is 2.68. The highest BCUT2D eigenvalue weighted by Gasteiger charge is 2.45. The van der Waals surface area contributed by atoms with Gasteiger partial charge in [-0.3, -0.25) is 9.59 Å². The summed E-state index contributed by atoms with van der Waals surface area (Å²) in [4.78, 5) is 36.5. The first-order chi connectivity index (χ1) is 13.4. The fraction of sp³-hybridized carbons (Fsp3) is 0.591. The molecule has 0 bridgehead atoms. The monoisotopic (exact) mass is 422 g/mol. The van der Waals surface area contributed by atoms with Gasteiger partial charge < -0.3 is 13.9 Å². The van der Waals surface area contributed by atoms with E-state index >= 15 is 0 Å². The molecule has 162 valence electrons. The standard InChI is InChI=1S/C22H34O6Si/c1-15(18(14-23)27-21(25)17-12-10-9-11-13-17)19(16(2)20(24)26-6)28-29(7,8)22(3,4)5/h9-16,18-19H,1-8H3/t15-,16+,18-,19+/m0/s1. The number of carbonyl (C=O) groups excluding carboxylic acids is 3. The molecule has 4 atom stereocenters. The van der Waals surface area contributed by atoms with Crippen LogP contribution in [0.1, 0.15) is 45.0 Å². The van der Waals surface area contributed by atoms with E-state index in [1.54, 1.807) is 44.2 Å². The van der Waals surface area contributed by atoms with Crippen LogP contribution in [-0.4, -0.2) is 45.9 Å². The first-order valence-corrected chi connectivity index (χ1v) is 12.7. The molecule has 0 unspecified atom stereocenters. The highest BCUT2D eigenvalue weighted by atomic mass is 28.4. The third-order valence-corrected chi connectivity index (χ3v) is 10.2. The molecule has 0 fully saturated rings. The van der Waals surface area contributed by atoms with E-state index in [1.807, 2.05) is 0 Å². The number of methoxy groups -OCH3 is 1. The van der Waals surface area contributed by atoms with Crippen LogP contribution in [-0.2, 0) is 23.5 Å². The Morgan fingerprint density at radius 2 is 1.62 bits per heavy atom. The number of ether oxygens (including phenoxy) is 2. The highest BCUT2D eigenvalue weighted by Crippen LogP contribution is 2.39. The van der Waals surface area contributed by atoms with Gasteiger partial charge in [0.25, 0.3) is 0 Å². The molecule has 7 heteroatoms. The maximum Gasteiger partial charge on any atom is 0.338 e. The smallest absolute Gasteiger partial charge is 0.338 e. The van der Waals surface area contributed by atoms with Crippen molar-refractivity contribution in [1.29, 1.82) is 0 Å². The summed E-state index contributed by atoms with van der Waals surface area (Å²) in [5.74, 6) is -2.18. The highest BCUT2D eigenvalue weighted by molar-refractivity contribution is 6.74. The summed E-state index contributed by atoms with van der Waals surface area (Å²) in [7, 11) is -0.960. The van der Waals surface area contributed by atoms with Gasteiger partial charge in [-0.15, -0.1) is 0 Å². The Morgan fingerprint density at radius 1 is 1.07 bits per heavy atom. The second kappa shape index (κ2) is 10.2. The van der Waals surface area contributed by atoms with E-state index in [2.05, 4.69) is 33.9 Å². The summed E-state index contributed by atoms with van der Waals surface area (Å²) in [6.45, 7) is 13.9. The van der Waals surface area contributed by atoms with Crippen molar-refractivity contribution in [2.75, 3.05) is 7.11 Å². The molecule has 0 heterocycles. The molecule has 0 saturated heterocycles. The maximum absolute atomic E-state index is 12.4. The zero-order chi connectivity index (χ0) is 22.4. The van der Waals surface area contributed by atoms with Gasteiger partial charge in [-0.25, -0.2) is 4.79 Å². The molecule has 0 radical (unpaired) electrons. The van der Waals surface area contributed by atoms with E-state index in [0.717, 1.165) is 0 Å². The Morgan fingerprint density at radius 3 is 2.07 bits per heavy atom. The molecule has 0 aromatic heterocycles. The molecule has 6 nitrogen and oxygen atoms in total. The van der Waals surface area contributed by atoms with E-state index in [9.17, 15) is 14.4 Å². The van der Waals surface area contributed by atoms with Crippen molar-refractivity contribution < 1.29 is 28.3 Å². The van der Waals surface area contributed by atoms with Crippen LogP contribution in [0.4, 0.5) is 0 Å². The maximum atomic E-state index is 12.4. The van der Waals surface area contributed by atoms with Crippen LogP contribution in [0.25, 0.3) is 0 Å². The lowest BCUT2D eigenvalue weighted by molar-refractivity contribution is -0.151. The molecule has 0 spiro atoms. The zero-order valence-electron chi connectivity index (χ0n) is 18.7. The minimum absolute atomic E-state index is 0.0990. The van der Waals surface area contributed by atoms with Crippen molar-refractivity contribution in [2.24, 2.45) is 11.8 Å². The van der Waals surface area contributed by atoms with Crippen molar-refractivity contribution in [2.45, 2.75) is 65.0 Å². The lowest BCUT2D eigenvalue weighted by atomic mass is 9.89. The molecule has 0 saturated carbocycles. The predicted octanol–water partition coefficient (Wildman–Crippen LogP) is 4.25. The van der Waals surface area contributed by atoms with Gasteiger partial charge in [-0.2, -0.15) is 0 Å². The van der Waals surface area contributed by atoms with Gasteiger partial charge in [0.05, 0.1) is 24.7 Å². The Kier molecular flexibility index (Phi) is 8.77. The van der Waals surface area contributed by atoms with E-state index in [4.69, 9.17) is 13.9 Å². The average molecular weight is 423 g/mol. The molecule has 29 heavy (non-hydrogen) atoms. The van der Waals surface area contributed by atoms with Gasteiger partial charge in [0.1, 0.15) is 0 Å². The van der Waals surface area contributed by atoms with Crippen molar-refractivity contribution in [3.8, 4) is 0 Å². The number of rotatable bonds is 9. The van der Waals surface area contributed by atoms with E-state index in [-0.39, 0.29) is 5.04 Å². The summed E-state index contributed by atoms with van der Waals surface area (Å²) >= 11 is 0. The number of benzene rings is 1. The van der Waals surface area contributed by atoms with Gasteiger partial charge in [0.15, 0.2) is 20.7 Å². The quantitative estimate of drug-likeness (QED) is 0.336. The van der Waals surface area contributed by atoms with Crippen LogP contribution in [0, 0.1) is 11.8 Å². The topological polar surface area (TPSA) is 78.9 Å². The van der Waals surface area contributed by atoms with Crippen LogP contribution in [0.3, 0.4) is 0 Å². The Hall–Kier alpha value is -1.99. The Bertz CT molecular complexity index is 695. The third kappa shape index (κ3) is 6.50. The SMILES string of the molecule is COC(=O)[C@H](C)[C@H](O[Si](C)(C)C(C)(C)C)[C@@H](C)[C@H](C=O)OC(=O)c1ccccc1. The van der Waals surface area contributed by atoms with Crippen LogP contribution in [0.2, 0.25) is 18.1 Å². The number of hydrogen-bond donors (Lipinski definition) is 0. The predicted molar refractivity (Wildman–Crippen MR) is 114 cm³/mol. The van der Waals surface area contributed by atoms with Crippen molar-refractivity contribution in [1.82, 2.24) is 0 Å². The molecule has 0 N–H and O–H groups in total. The fourth-order valence-corrected chi connectivity index (χ4v) is 4.17. The summed E-state index contributed by atoms with van der Waals surface area (Å²) in [6, 6.07) is 8.47. The third-order valence-electron chi connectivity index (χ3n) is 5.73. The van der Waals surface area contributed by atoms with Gasteiger partial charge >= 0.3 is 11.9 Å². The van der Waals surface area contributed by atoms with Crippen molar-refractivity contribution in [3.05, 3.63) is 35.9 Å². The van der Waals surface area contributed by atoms with Crippen LogP contribution < -0.4 is 0 Å². The molecule has 1 aromatic carbocycles. The number of esters is 2. The second-order valence-electron chi connectivity index (χ2n) is 8.89. The minimum atomic E-state index is -2.28. The summed E-state index contributed by atoms with van der Waals surface area (Å²) < 4.78 is 16.9. The Balaban J connectivity index is 3.15. The van der Waals surface area contributed by atoms with Crippen LogP contribution in [0.5, 0.6) is 0 Å². The number of carbonyl (C=O) groups is 3. The summed E-state index contributed by atoms with van der Waals surface area (Å²) in [6.07, 6.45) is -1.09. The molecular weight excluding hydrogens is 388 g/mol. The molecule has 1 rings (SSSR count). The van der Waals surface area contributed by atoms with Gasteiger partial charge in [-0.1, -0.05) is 45.9 Å². The zero-order valence-corrected chi connectivity index (χ0v) is 19.7. The first-order valence-electron chi connectivity index (χ1n) is 9.82. The van der Waals surface area contributed by atoms with Crippen LogP contribution in [0.15, 0.2) is 30.3 Å². The van der Waals surface area contributed by atoms with Gasteiger partial charge in [0.2, 0.25) is 0 Å². The molecule has 0 aliphatic heterocycles. The number of aldehydes is 1. The van der Waals surface area contributed by atoms with E-state index < -0.39 is 44.3 Å². The summed E-state index contributed by atoms with van der Waals surface area (Å²) in [5.41, 5.74) is 0.356.